The third-order valence-electron chi connectivity index (χ3n) is 5.81. The van der Waals surface area contributed by atoms with Gasteiger partial charge in [-0.1, -0.05) is 43.3 Å². The van der Waals surface area contributed by atoms with Crippen LogP contribution in [0.4, 0.5) is 4.39 Å². The van der Waals surface area contributed by atoms with E-state index in [-0.39, 0.29) is 17.2 Å². The quantitative estimate of drug-likeness (QED) is 0.508. The van der Waals surface area contributed by atoms with E-state index in [9.17, 15) is 9.18 Å². The minimum absolute atomic E-state index is 0.0222. The van der Waals surface area contributed by atoms with Crippen molar-refractivity contribution in [1.29, 1.82) is 5.41 Å². The lowest BCUT2D eigenvalue weighted by Gasteiger charge is -2.20. The maximum Gasteiger partial charge on any atom is 0.283 e. The van der Waals surface area contributed by atoms with Gasteiger partial charge in [-0.25, -0.2) is 4.39 Å². The molecule has 0 atom stereocenters. The highest BCUT2D eigenvalue weighted by molar-refractivity contribution is 8.26. The summed E-state index contributed by atoms with van der Waals surface area (Å²) in [6, 6.07) is 14.5. The number of carbonyl (C=O) groups is 1. The maximum absolute atomic E-state index is 14.4. The first-order valence-electron chi connectivity index (χ1n) is 10.8. The Balaban J connectivity index is 1.60. The second-order valence-corrected chi connectivity index (χ2v) is 9.00. The van der Waals surface area contributed by atoms with Gasteiger partial charge >= 0.3 is 0 Å². The molecular formula is C25H22FN5OS. The van der Waals surface area contributed by atoms with Crippen LogP contribution < -0.4 is 0 Å². The second-order valence-electron chi connectivity index (χ2n) is 7.96. The highest BCUT2D eigenvalue weighted by Gasteiger charge is 2.35. The molecule has 3 aromatic rings. The number of hydrazone groups is 1. The van der Waals surface area contributed by atoms with E-state index >= 15 is 0 Å². The predicted octanol–water partition coefficient (Wildman–Crippen LogP) is 5.56. The summed E-state index contributed by atoms with van der Waals surface area (Å²) in [4.78, 5) is 17.0. The summed E-state index contributed by atoms with van der Waals surface area (Å²) in [5.41, 5.74) is 3.41. The van der Waals surface area contributed by atoms with Crippen LogP contribution in [0.25, 0.3) is 17.0 Å². The number of hydrogen-bond donors (Lipinski definition) is 1. The molecule has 0 saturated heterocycles. The minimum Gasteiger partial charge on any atom is -0.340 e. The molecule has 1 aromatic heterocycles. The Kier molecular flexibility index (Phi) is 5.46. The molecule has 0 saturated carbocycles. The summed E-state index contributed by atoms with van der Waals surface area (Å²) < 4.78 is 16.4. The summed E-state index contributed by atoms with van der Waals surface area (Å²) in [6.45, 7) is 4.37. The third-order valence-corrected chi connectivity index (χ3v) is 6.78. The molecule has 5 rings (SSSR count). The van der Waals surface area contributed by atoms with Crippen molar-refractivity contribution in [3.63, 3.8) is 0 Å². The summed E-state index contributed by atoms with van der Waals surface area (Å²) in [5.74, 6) is -0.682. The van der Waals surface area contributed by atoms with Crippen LogP contribution in [0.3, 0.4) is 0 Å². The number of nitrogens with zero attached hydrogens (tertiary/aromatic N) is 4. The fourth-order valence-corrected chi connectivity index (χ4v) is 5.12. The zero-order valence-corrected chi connectivity index (χ0v) is 19.1. The van der Waals surface area contributed by atoms with E-state index in [1.165, 1.54) is 22.8 Å². The molecule has 33 heavy (non-hydrogen) atoms. The van der Waals surface area contributed by atoms with Gasteiger partial charge in [-0.05, 0) is 49.7 Å². The van der Waals surface area contributed by atoms with E-state index in [2.05, 4.69) is 17.0 Å². The van der Waals surface area contributed by atoms with Crippen LogP contribution in [0.1, 0.15) is 36.6 Å². The van der Waals surface area contributed by atoms with Gasteiger partial charge in [0.2, 0.25) is 5.17 Å². The summed E-state index contributed by atoms with van der Waals surface area (Å²) in [7, 11) is 0. The van der Waals surface area contributed by atoms with E-state index in [0.29, 0.717) is 17.3 Å². The highest BCUT2D eigenvalue weighted by Crippen LogP contribution is 2.33. The number of aromatic nitrogens is 1. The van der Waals surface area contributed by atoms with Gasteiger partial charge in [0.05, 0.1) is 12.1 Å². The number of para-hydroxylation sites is 1. The monoisotopic (exact) mass is 459 g/mol. The molecule has 0 unspecified atom stereocenters. The maximum atomic E-state index is 14.4. The Hall–Kier alpha value is -3.52. The molecular weight excluding hydrogens is 437 g/mol. The van der Waals surface area contributed by atoms with Crippen LogP contribution in [0.5, 0.6) is 0 Å². The Morgan fingerprint density at radius 2 is 1.91 bits per heavy atom. The Morgan fingerprint density at radius 1 is 1.15 bits per heavy atom. The SMILES string of the molecule is CCCC1=NN2C(=N)/C(=C\c3c(C)n(Cc4ccccc4F)c4ccccc34)C(=O)N=C2S1. The molecule has 6 nitrogen and oxygen atoms in total. The average molecular weight is 460 g/mol. The lowest BCUT2D eigenvalue weighted by Crippen LogP contribution is -2.35. The first-order valence-corrected chi connectivity index (χ1v) is 11.6. The molecule has 2 aliphatic rings. The van der Waals surface area contributed by atoms with Gasteiger partial charge in [0.15, 0.2) is 5.84 Å². The van der Waals surface area contributed by atoms with Gasteiger partial charge in [0.1, 0.15) is 10.9 Å². The number of rotatable bonds is 5. The number of amidine groups is 2. The van der Waals surface area contributed by atoms with E-state index in [4.69, 9.17) is 5.41 Å². The zero-order valence-electron chi connectivity index (χ0n) is 18.3. The van der Waals surface area contributed by atoms with E-state index < -0.39 is 5.91 Å². The van der Waals surface area contributed by atoms with Gasteiger partial charge in [0, 0.05) is 27.7 Å². The van der Waals surface area contributed by atoms with E-state index in [0.717, 1.165) is 40.0 Å². The van der Waals surface area contributed by atoms with Crippen LogP contribution in [0.15, 0.2) is 64.2 Å². The smallest absolute Gasteiger partial charge is 0.283 e. The third kappa shape index (κ3) is 3.70. The van der Waals surface area contributed by atoms with Gasteiger partial charge in [-0.2, -0.15) is 15.1 Å². The molecule has 8 heteroatoms. The van der Waals surface area contributed by atoms with Gasteiger partial charge in [-0.15, -0.1) is 0 Å². The largest absolute Gasteiger partial charge is 0.340 e. The number of aliphatic imine (C=N–C) groups is 1. The molecule has 1 amide bonds. The topological polar surface area (TPSA) is 73.8 Å². The number of amides is 1. The van der Waals surface area contributed by atoms with Crippen LogP contribution in [-0.4, -0.2) is 31.5 Å². The molecule has 0 spiro atoms. The fourth-order valence-electron chi connectivity index (χ4n) is 4.13. The number of carbonyl (C=O) groups excluding carboxylic acids is 1. The number of hydrogen-bond acceptors (Lipinski definition) is 4. The van der Waals surface area contributed by atoms with Crippen molar-refractivity contribution in [3.05, 3.63) is 76.7 Å². The molecule has 0 aliphatic carbocycles. The Bertz CT molecular complexity index is 1400. The molecule has 2 aromatic carbocycles. The van der Waals surface area contributed by atoms with Crippen LogP contribution in [-0.2, 0) is 11.3 Å². The number of thioether (sulfide) groups is 1. The zero-order chi connectivity index (χ0) is 23.1. The van der Waals surface area contributed by atoms with Crippen LogP contribution in [0.2, 0.25) is 0 Å². The van der Waals surface area contributed by atoms with Crippen molar-refractivity contribution in [2.75, 3.05) is 0 Å². The lowest BCUT2D eigenvalue weighted by molar-refractivity contribution is -0.114. The Morgan fingerprint density at radius 3 is 2.70 bits per heavy atom. The van der Waals surface area contributed by atoms with Crippen molar-refractivity contribution >= 4 is 50.7 Å². The minimum atomic E-state index is -0.447. The van der Waals surface area contributed by atoms with Crippen molar-refractivity contribution in [3.8, 4) is 0 Å². The van der Waals surface area contributed by atoms with Crippen molar-refractivity contribution in [1.82, 2.24) is 9.58 Å². The molecule has 0 radical (unpaired) electrons. The van der Waals surface area contributed by atoms with E-state index in [1.54, 1.807) is 18.2 Å². The highest BCUT2D eigenvalue weighted by atomic mass is 32.2. The first kappa shape index (κ1) is 21.3. The fraction of sp³-hybridized carbons (Fsp3) is 0.200. The summed E-state index contributed by atoms with van der Waals surface area (Å²) in [6.07, 6.45) is 3.43. The first-order chi connectivity index (χ1) is 16.0. The number of benzene rings is 2. The van der Waals surface area contributed by atoms with E-state index in [1.807, 2.05) is 41.8 Å². The van der Waals surface area contributed by atoms with Crippen LogP contribution in [0, 0.1) is 18.2 Å². The average Bonchev–Trinajstić information content (AvgIpc) is 3.32. The molecule has 1 N–H and O–H groups in total. The number of nitrogens with one attached hydrogen (secondary N) is 1. The van der Waals surface area contributed by atoms with Crippen LogP contribution >= 0.6 is 11.8 Å². The van der Waals surface area contributed by atoms with Crippen molar-refractivity contribution in [2.24, 2.45) is 10.1 Å². The standard InChI is InChI=1S/C25H22FN5OS/c1-3-8-22-29-31-23(27)19(24(32)28-25(31)33-22)13-18-15(2)30(21-12-7-5-10-17(18)21)14-16-9-4-6-11-20(16)26/h4-7,9-13,27H,3,8,14H2,1-2H3/b19-13+,27-23?. The summed E-state index contributed by atoms with van der Waals surface area (Å²) in [5, 5.41) is 16.8. The van der Waals surface area contributed by atoms with Crippen molar-refractivity contribution < 1.29 is 9.18 Å². The molecule has 166 valence electrons. The molecule has 3 heterocycles. The van der Waals surface area contributed by atoms with Crippen molar-refractivity contribution in [2.45, 2.75) is 33.2 Å². The summed E-state index contributed by atoms with van der Waals surface area (Å²) >= 11 is 1.34. The van der Waals surface area contributed by atoms with Gasteiger partial charge in [0.25, 0.3) is 5.91 Å². The second kappa shape index (κ2) is 8.44. The normalized spacial score (nSPS) is 17.1. The molecule has 2 aliphatic heterocycles. The molecule has 0 fully saturated rings. The Labute approximate surface area is 195 Å². The lowest BCUT2D eigenvalue weighted by atomic mass is 10.1. The number of fused-ring (bicyclic) bond motifs is 2. The number of halogens is 1. The predicted molar refractivity (Wildman–Crippen MR) is 132 cm³/mol. The molecule has 0 bridgehead atoms. The van der Waals surface area contributed by atoms with Gasteiger partial charge < -0.3 is 4.57 Å². The van der Waals surface area contributed by atoms with Gasteiger partial charge in [-0.3, -0.25) is 10.2 Å².